The maximum atomic E-state index is 11.8. The number of carbonyl (C=O) groups excluding carboxylic acids is 1. The first-order chi connectivity index (χ1) is 9.31. The molecule has 0 aliphatic heterocycles. The fourth-order valence-corrected chi connectivity index (χ4v) is 1.73. The van der Waals surface area contributed by atoms with Crippen molar-refractivity contribution in [2.24, 2.45) is 0 Å². The van der Waals surface area contributed by atoms with Crippen LogP contribution in [-0.2, 0) is 4.74 Å². The maximum Gasteiger partial charge on any atom is 0.362 e. The van der Waals surface area contributed by atoms with Gasteiger partial charge in [0.25, 0.3) is 0 Å². The Hall–Kier alpha value is -2.77. The van der Waals surface area contributed by atoms with Crippen LogP contribution in [0.1, 0.15) is 17.4 Å². The Balaban J connectivity index is 2.12. The van der Waals surface area contributed by atoms with Crippen molar-refractivity contribution in [2.75, 3.05) is 6.61 Å². The second-order valence-electron chi connectivity index (χ2n) is 3.71. The lowest BCUT2D eigenvalue weighted by molar-refractivity contribution is 0.0519. The van der Waals surface area contributed by atoms with Crippen LogP contribution in [0, 0.1) is 0 Å². The van der Waals surface area contributed by atoms with Crippen molar-refractivity contribution in [1.82, 2.24) is 30.4 Å². The number of rotatable bonds is 3. The van der Waals surface area contributed by atoms with Gasteiger partial charge in [-0.25, -0.2) is 4.79 Å². The standard InChI is InChI=1S/C11H10N6O2/c1-2-19-11(18)9-10(14-15-13-9)17-8-6-4-3-5-7(8)12-16-17/h3-6H,2H2,1H3,(H,13,14,15). The van der Waals surface area contributed by atoms with Crippen LogP contribution in [-0.4, -0.2) is 43.0 Å². The molecule has 96 valence electrons. The number of nitrogens with one attached hydrogen (secondary N) is 1. The molecule has 3 aromatic rings. The van der Waals surface area contributed by atoms with Gasteiger partial charge in [0, 0.05) is 0 Å². The summed E-state index contributed by atoms with van der Waals surface area (Å²) in [6, 6.07) is 7.37. The highest BCUT2D eigenvalue weighted by atomic mass is 16.5. The van der Waals surface area contributed by atoms with E-state index in [4.69, 9.17) is 4.74 Å². The minimum atomic E-state index is -0.550. The van der Waals surface area contributed by atoms with Gasteiger partial charge in [-0.05, 0) is 19.1 Å². The molecule has 0 spiro atoms. The van der Waals surface area contributed by atoms with E-state index in [2.05, 4.69) is 25.7 Å². The van der Waals surface area contributed by atoms with Gasteiger partial charge >= 0.3 is 5.97 Å². The zero-order chi connectivity index (χ0) is 13.2. The Labute approximate surface area is 107 Å². The molecule has 0 bridgehead atoms. The monoisotopic (exact) mass is 258 g/mol. The molecule has 0 saturated carbocycles. The Kier molecular flexibility index (Phi) is 2.67. The van der Waals surface area contributed by atoms with E-state index in [9.17, 15) is 4.79 Å². The summed E-state index contributed by atoms with van der Waals surface area (Å²) in [5.41, 5.74) is 1.53. The SMILES string of the molecule is CCOC(=O)c1n[nH]nc1-n1nnc2ccccc21. The molecule has 0 fully saturated rings. The van der Waals surface area contributed by atoms with Crippen LogP contribution < -0.4 is 0 Å². The van der Waals surface area contributed by atoms with E-state index in [0.717, 1.165) is 5.52 Å². The highest BCUT2D eigenvalue weighted by Crippen LogP contribution is 2.16. The van der Waals surface area contributed by atoms with Crippen LogP contribution in [0.5, 0.6) is 0 Å². The fraction of sp³-hybridized carbons (Fsp3) is 0.182. The maximum absolute atomic E-state index is 11.8. The molecule has 8 heteroatoms. The molecule has 19 heavy (non-hydrogen) atoms. The number of aromatic amines is 1. The average Bonchev–Trinajstić information content (AvgIpc) is 3.05. The van der Waals surface area contributed by atoms with Gasteiger partial charge in [-0.3, -0.25) is 0 Å². The molecule has 0 radical (unpaired) electrons. The molecule has 8 nitrogen and oxygen atoms in total. The summed E-state index contributed by atoms with van der Waals surface area (Å²) in [7, 11) is 0. The van der Waals surface area contributed by atoms with Crippen molar-refractivity contribution in [3.8, 4) is 5.82 Å². The predicted octanol–water partition coefficient (Wildman–Crippen LogP) is 0.715. The molecule has 0 atom stereocenters. The minimum absolute atomic E-state index is 0.0810. The summed E-state index contributed by atoms with van der Waals surface area (Å²) >= 11 is 0. The summed E-state index contributed by atoms with van der Waals surface area (Å²) in [6.07, 6.45) is 0. The zero-order valence-electron chi connectivity index (χ0n) is 10.1. The molecule has 2 heterocycles. The van der Waals surface area contributed by atoms with Crippen LogP contribution in [0.15, 0.2) is 24.3 Å². The molecule has 2 aromatic heterocycles. The van der Waals surface area contributed by atoms with Crippen LogP contribution >= 0.6 is 0 Å². The van der Waals surface area contributed by atoms with Crippen LogP contribution in [0.25, 0.3) is 16.9 Å². The van der Waals surface area contributed by atoms with E-state index < -0.39 is 5.97 Å². The van der Waals surface area contributed by atoms with E-state index in [1.165, 1.54) is 4.68 Å². The number of ether oxygens (including phenoxy) is 1. The number of hydrogen-bond donors (Lipinski definition) is 1. The summed E-state index contributed by atoms with van der Waals surface area (Å²) in [5.74, 6) is -0.280. The van der Waals surface area contributed by atoms with Crippen molar-refractivity contribution in [3.63, 3.8) is 0 Å². The lowest BCUT2D eigenvalue weighted by Gasteiger charge is -2.00. The predicted molar refractivity (Wildman–Crippen MR) is 64.8 cm³/mol. The van der Waals surface area contributed by atoms with Gasteiger partial charge in [-0.2, -0.15) is 9.90 Å². The quantitative estimate of drug-likeness (QED) is 0.695. The molecule has 0 aliphatic carbocycles. The van der Waals surface area contributed by atoms with Gasteiger partial charge in [0.1, 0.15) is 5.52 Å². The van der Waals surface area contributed by atoms with Crippen LogP contribution in [0.4, 0.5) is 0 Å². The zero-order valence-corrected chi connectivity index (χ0v) is 10.1. The van der Waals surface area contributed by atoms with Gasteiger partial charge in [-0.15, -0.1) is 15.3 Å². The van der Waals surface area contributed by atoms with E-state index in [-0.39, 0.29) is 18.1 Å². The van der Waals surface area contributed by atoms with E-state index in [0.29, 0.717) is 5.52 Å². The van der Waals surface area contributed by atoms with E-state index in [1.54, 1.807) is 6.92 Å². The Morgan fingerprint density at radius 2 is 2.21 bits per heavy atom. The van der Waals surface area contributed by atoms with Crippen LogP contribution in [0.2, 0.25) is 0 Å². The number of nitrogens with zero attached hydrogens (tertiary/aromatic N) is 5. The van der Waals surface area contributed by atoms with Gasteiger partial charge in [0.15, 0.2) is 0 Å². The lowest BCUT2D eigenvalue weighted by atomic mass is 10.3. The summed E-state index contributed by atoms with van der Waals surface area (Å²) in [5, 5.41) is 18.1. The third-order valence-corrected chi connectivity index (χ3v) is 2.55. The molecule has 0 amide bonds. The number of benzene rings is 1. The highest BCUT2D eigenvalue weighted by Gasteiger charge is 2.21. The van der Waals surface area contributed by atoms with E-state index in [1.807, 2.05) is 24.3 Å². The first kappa shape index (κ1) is 11.3. The third kappa shape index (κ3) is 1.82. The molecular weight excluding hydrogens is 248 g/mol. The molecular formula is C11H10N6O2. The van der Waals surface area contributed by atoms with Crippen molar-refractivity contribution in [3.05, 3.63) is 30.0 Å². The van der Waals surface area contributed by atoms with Gasteiger partial charge in [0.05, 0.1) is 12.1 Å². The minimum Gasteiger partial charge on any atom is -0.461 e. The Morgan fingerprint density at radius 3 is 3.05 bits per heavy atom. The number of fused-ring (bicyclic) bond motifs is 1. The first-order valence-electron chi connectivity index (χ1n) is 5.70. The number of para-hydroxylation sites is 1. The van der Waals surface area contributed by atoms with Crippen molar-refractivity contribution in [2.45, 2.75) is 6.92 Å². The van der Waals surface area contributed by atoms with Gasteiger partial charge in [0.2, 0.25) is 11.5 Å². The number of hydrogen-bond acceptors (Lipinski definition) is 6. The van der Waals surface area contributed by atoms with Crippen molar-refractivity contribution >= 4 is 17.0 Å². The molecule has 0 unspecified atom stereocenters. The normalized spacial score (nSPS) is 10.8. The van der Waals surface area contributed by atoms with Gasteiger partial charge in [-0.1, -0.05) is 17.3 Å². The topological polar surface area (TPSA) is 98.6 Å². The van der Waals surface area contributed by atoms with Crippen LogP contribution in [0.3, 0.4) is 0 Å². The molecule has 1 aromatic carbocycles. The van der Waals surface area contributed by atoms with E-state index >= 15 is 0 Å². The molecule has 1 N–H and O–H groups in total. The second kappa shape index (κ2) is 4.48. The number of H-pyrrole nitrogens is 1. The number of esters is 1. The first-order valence-corrected chi connectivity index (χ1v) is 5.70. The van der Waals surface area contributed by atoms with Crippen molar-refractivity contribution < 1.29 is 9.53 Å². The largest absolute Gasteiger partial charge is 0.461 e. The number of carbonyl (C=O) groups is 1. The summed E-state index contributed by atoms with van der Waals surface area (Å²) in [4.78, 5) is 11.8. The second-order valence-corrected chi connectivity index (χ2v) is 3.71. The molecule has 3 rings (SSSR count). The summed E-state index contributed by atoms with van der Waals surface area (Å²) < 4.78 is 6.36. The lowest BCUT2D eigenvalue weighted by Crippen LogP contribution is -2.10. The summed E-state index contributed by atoms with van der Waals surface area (Å²) in [6.45, 7) is 1.99. The average molecular weight is 258 g/mol. The molecule has 0 saturated heterocycles. The highest BCUT2D eigenvalue weighted by molar-refractivity contribution is 5.91. The Bertz CT molecular complexity index is 731. The molecule has 0 aliphatic rings. The Morgan fingerprint density at radius 1 is 1.37 bits per heavy atom. The third-order valence-electron chi connectivity index (χ3n) is 2.55. The fourth-order valence-electron chi connectivity index (χ4n) is 1.73. The number of aromatic nitrogens is 6. The van der Waals surface area contributed by atoms with Crippen molar-refractivity contribution in [1.29, 1.82) is 0 Å². The smallest absolute Gasteiger partial charge is 0.362 e. The van der Waals surface area contributed by atoms with Gasteiger partial charge < -0.3 is 4.74 Å².